The maximum Gasteiger partial charge on any atom is 0.116 e. The zero-order valence-electron chi connectivity index (χ0n) is 24.0. The van der Waals surface area contributed by atoms with Crippen molar-refractivity contribution in [1.29, 1.82) is 0 Å². The minimum Gasteiger partial charge on any atom is -0.308 e. The van der Waals surface area contributed by atoms with Gasteiger partial charge in [-0.2, -0.15) is 0 Å². The molecule has 2 aliphatic carbocycles. The molecular weight excluding hydrogens is 567 g/mol. The van der Waals surface area contributed by atoms with Gasteiger partial charge in [-0.15, -0.1) is 11.3 Å². The van der Waals surface area contributed by atoms with Crippen LogP contribution in [0.25, 0.3) is 70.0 Å². The molecule has 4 heteroatoms. The Morgan fingerprint density at radius 1 is 0.556 bits per heavy atom. The third-order valence-electron chi connectivity index (χ3n) is 10.2. The second-order valence-corrected chi connectivity index (χ2v) is 13.2. The van der Waals surface area contributed by atoms with Crippen molar-refractivity contribution in [2.45, 2.75) is 5.41 Å². The summed E-state index contributed by atoms with van der Waals surface area (Å²) in [6.45, 7) is 0. The molecule has 45 heavy (non-hydrogen) atoms. The van der Waals surface area contributed by atoms with Crippen LogP contribution in [-0.2, 0) is 5.41 Å². The van der Waals surface area contributed by atoms with Gasteiger partial charge in [0.05, 0.1) is 26.7 Å². The van der Waals surface area contributed by atoms with E-state index >= 15 is 0 Å². The number of hydrogen-bond donors (Lipinski definition) is 0. The van der Waals surface area contributed by atoms with Crippen LogP contribution in [0.2, 0.25) is 0 Å². The van der Waals surface area contributed by atoms with Crippen LogP contribution in [0, 0.1) is 0 Å². The number of hydrogen-bond acceptors (Lipinski definition) is 3. The highest BCUT2D eigenvalue weighted by atomic mass is 32.1. The molecule has 0 aliphatic heterocycles. The number of rotatable bonds is 1. The first-order chi connectivity index (χ1) is 22.3. The van der Waals surface area contributed by atoms with Crippen molar-refractivity contribution >= 4 is 53.4 Å². The van der Waals surface area contributed by atoms with E-state index in [2.05, 4.69) is 137 Å². The minimum atomic E-state index is -0.383. The highest BCUT2D eigenvalue weighted by Crippen LogP contribution is 2.63. The van der Waals surface area contributed by atoms with Crippen LogP contribution in [-0.4, -0.2) is 14.5 Å². The predicted molar refractivity (Wildman–Crippen MR) is 186 cm³/mol. The van der Waals surface area contributed by atoms with Gasteiger partial charge in [-0.05, 0) is 68.8 Å². The maximum absolute atomic E-state index is 4.80. The molecule has 0 fully saturated rings. The van der Waals surface area contributed by atoms with Gasteiger partial charge < -0.3 is 4.57 Å². The standard InChI is InChI=1S/C41H23N3S/c1-5-13-31-25(9-1)26-10-2-6-14-32(26)41(31)33-15-7-3-11-27(33)28-18-17-24(21-34(28)41)44-35-16-8-4-12-29(35)30-19-20-36-38(40(30)44)39-37(45-36)22-42-23-43-39/h1-23H. The van der Waals surface area contributed by atoms with Crippen molar-refractivity contribution < 1.29 is 0 Å². The molecule has 0 atom stereocenters. The smallest absolute Gasteiger partial charge is 0.116 e. The zero-order chi connectivity index (χ0) is 29.3. The Hall–Kier alpha value is -5.58. The summed E-state index contributed by atoms with van der Waals surface area (Å²) in [7, 11) is 0. The molecule has 2 aliphatic rings. The number of nitrogens with zero attached hydrogens (tertiary/aromatic N) is 3. The van der Waals surface area contributed by atoms with Gasteiger partial charge in [-0.1, -0.05) is 103 Å². The second-order valence-electron chi connectivity index (χ2n) is 12.1. The van der Waals surface area contributed by atoms with Crippen LogP contribution in [0.3, 0.4) is 0 Å². The largest absolute Gasteiger partial charge is 0.308 e. The molecule has 0 saturated heterocycles. The Morgan fingerprint density at radius 3 is 1.93 bits per heavy atom. The van der Waals surface area contributed by atoms with Crippen LogP contribution in [0.4, 0.5) is 0 Å². The molecule has 11 rings (SSSR count). The maximum atomic E-state index is 4.80. The molecule has 0 saturated carbocycles. The van der Waals surface area contributed by atoms with Crippen molar-refractivity contribution in [3.05, 3.63) is 162 Å². The van der Waals surface area contributed by atoms with Crippen molar-refractivity contribution in [2.24, 2.45) is 0 Å². The summed E-state index contributed by atoms with van der Waals surface area (Å²) in [6.07, 6.45) is 3.61. The van der Waals surface area contributed by atoms with E-state index in [1.54, 1.807) is 17.7 Å². The third kappa shape index (κ3) is 2.78. The van der Waals surface area contributed by atoms with E-state index in [-0.39, 0.29) is 5.41 Å². The highest BCUT2D eigenvalue weighted by Gasteiger charge is 2.51. The van der Waals surface area contributed by atoms with E-state index in [4.69, 9.17) is 4.98 Å². The van der Waals surface area contributed by atoms with Crippen LogP contribution in [0.1, 0.15) is 22.3 Å². The van der Waals surface area contributed by atoms with Crippen molar-refractivity contribution in [3.8, 4) is 27.9 Å². The normalized spacial score (nSPS) is 14.0. The van der Waals surface area contributed by atoms with Crippen LogP contribution in [0.5, 0.6) is 0 Å². The zero-order valence-corrected chi connectivity index (χ0v) is 24.8. The lowest BCUT2D eigenvalue weighted by atomic mass is 9.70. The number of thiophene rings is 1. The van der Waals surface area contributed by atoms with Crippen molar-refractivity contribution in [3.63, 3.8) is 0 Å². The Bertz CT molecular complexity index is 2670. The summed E-state index contributed by atoms with van der Waals surface area (Å²) in [5.41, 5.74) is 14.9. The highest BCUT2D eigenvalue weighted by molar-refractivity contribution is 7.25. The van der Waals surface area contributed by atoms with Gasteiger partial charge in [0.25, 0.3) is 0 Å². The van der Waals surface area contributed by atoms with Gasteiger partial charge >= 0.3 is 0 Å². The monoisotopic (exact) mass is 589 g/mol. The lowest BCUT2D eigenvalue weighted by molar-refractivity contribution is 0.792. The summed E-state index contributed by atoms with van der Waals surface area (Å²) >= 11 is 1.76. The Morgan fingerprint density at radius 2 is 1.20 bits per heavy atom. The topological polar surface area (TPSA) is 30.7 Å². The fraction of sp³-hybridized carbons (Fsp3) is 0.0244. The number of para-hydroxylation sites is 1. The molecule has 0 bridgehead atoms. The molecule has 3 heterocycles. The van der Waals surface area contributed by atoms with Gasteiger partial charge in [-0.3, -0.25) is 0 Å². The van der Waals surface area contributed by atoms with E-state index in [0.29, 0.717) is 0 Å². The first-order valence-corrected chi connectivity index (χ1v) is 16.1. The molecule has 0 unspecified atom stereocenters. The number of aromatic nitrogens is 3. The third-order valence-corrected chi connectivity index (χ3v) is 11.3. The van der Waals surface area contributed by atoms with Gasteiger partial charge in [0.15, 0.2) is 0 Å². The van der Waals surface area contributed by atoms with Gasteiger partial charge in [-0.25, -0.2) is 9.97 Å². The Labute approximate surface area is 262 Å². The van der Waals surface area contributed by atoms with E-state index < -0.39 is 0 Å². The van der Waals surface area contributed by atoms with Gasteiger partial charge in [0.1, 0.15) is 6.33 Å². The lowest BCUT2D eigenvalue weighted by Gasteiger charge is -2.30. The molecule has 208 valence electrons. The molecule has 3 nitrogen and oxygen atoms in total. The van der Waals surface area contributed by atoms with E-state index in [1.807, 2.05) is 6.20 Å². The minimum absolute atomic E-state index is 0.383. The number of fused-ring (bicyclic) bond motifs is 17. The fourth-order valence-electron chi connectivity index (χ4n) is 8.54. The SMILES string of the molecule is c1ccc2c(c1)-c1ccccc1C21c2ccccc2-c2ccc(-n3c4ccccc4c4ccc5sc6cncnc6c5c43)cc21. The van der Waals surface area contributed by atoms with Crippen LogP contribution < -0.4 is 0 Å². The first kappa shape index (κ1) is 23.8. The Balaban J connectivity index is 1.31. The fourth-order valence-corrected chi connectivity index (χ4v) is 9.57. The molecule has 0 radical (unpaired) electrons. The quantitative estimate of drug-likeness (QED) is 0.191. The summed E-state index contributed by atoms with van der Waals surface area (Å²) in [5, 5.41) is 3.69. The van der Waals surface area contributed by atoms with Crippen LogP contribution in [0.15, 0.2) is 140 Å². The van der Waals surface area contributed by atoms with Gasteiger partial charge in [0, 0.05) is 32.7 Å². The van der Waals surface area contributed by atoms with Crippen LogP contribution >= 0.6 is 11.3 Å². The van der Waals surface area contributed by atoms with Crippen molar-refractivity contribution in [2.75, 3.05) is 0 Å². The Kier molecular flexibility index (Phi) is 4.40. The van der Waals surface area contributed by atoms with E-state index in [0.717, 1.165) is 15.9 Å². The molecule has 9 aromatic rings. The summed E-state index contributed by atoms with van der Waals surface area (Å²) in [5.74, 6) is 0. The summed E-state index contributed by atoms with van der Waals surface area (Å²) < 4.78 is 4.82. The molecule has 6 aromatic carbocycles. The molecule has 0 N–H and O–H groups in total. The molecule has 0 amide bonds. The lowest BCUT2D eigenvalue weighted by Crippen LogP contribution is -2.26. The predicted octanol–water partition coefficient (Wildman–Crippen LogP) is 10.3. The first-order valence-electron chi connectivity index (χ1n) is 15.3. The molecule has 1 spiro atoms. The van der Waals surface area contributed by atoms with E-state index in [1.165, 1.54) is 76.4 Å². The summed E-state index contributed by atoms with van der Waals surface area (Å²) in [4.78, 5) is 9.14. The average molecular weight is 590 g/mol. The summed E-state index contributed by atoms with van der Waals surface area (Å²) in [6, 6.07) is 47.5. The molecule has 3 aromatic heterocycles. The average Bonchev–Trinajstić information content (AvgIpc) is 3.81. The van der Waals surface area contributed by atoms with E-state index in [9.17, 15) is 0 Å². The number of benzene rings is 6. The molecular formula is C41H23N3S. The van der Waals surface area contributed by atoms with Gasteiger partial charge in [0.2, 0.25) is 0 Å². The van der Waals surface area contributed by atoms with Crippen molar-refractivity contribution in [1.82, 2.24) is 14.5 Å². The second kappa shape index (κ2) is 8.32.